The van der Waals surface area contributed by atoms with Gasteiger partial charge < -0.3 is 25.2 Å². The minimum absolute atomic E-state index is 0.0817. The fraction of sp³-hybridized carbons (Fsp3) is 0.500. The van der Waals surface area contributed by atoms with Gasteiger partial charge in [0.05, 0.1) is 5.69 Å². The van der Waals surface area contributed by atoms with Gasteiger partial charge in [-0.15, -0.1) is 0 Å². The van der Waals surface area contributed by atoms with E-state index in [1.54, 1.807) is 34.9 Å². The molecule has 1 aromatic rings. The maximum absolute atomic E-state index is 12.7. The normalized spacial score (nSPS) is 19.3. The van der Waals surface area contributed by atoms with Crippen LogP contribution in [0.25, 0.3) is 0 Å². The van der Waals surface area contributed by atoms with Crippen LogP contribution in [0.1, 0.15) is 30.6 Å². The highest BCUT2D eigenvalue weighted by Gasteiger charge is 2.27. The van der Waals surface area contributed by atoms with Crippen molar-refractivity contribution in [3.63, 3.8) is 0 Å². The number of hydrogen-bond donors (Lipinski definition) is 2. The number of piperazine rings is 1. The summed E-state index contributed by atoms with van der Waals surface area (Å²) in [5.41, 5.74) is 1.00. The molecule has 1 atom stereocenters. The van der Waals surface area contributed by atoms with Gasteiger partial charge in [-0.05, 0) is 31.5 Å². The van der Waals surface area contributed by atoms with E-state index in [1.807, 2.05) is 6.92 Å². The molecule has 2 heterocycles. The predicted molar refractivity (Wildman–Crippen MR) is 96.3 cm³/mol. The second-order valence-corrected chi connectivity index (χ2v) is 6.47. The molecule has 1 saturated heterocycles. The van der Waals surface area contributed by atoms with E-state index < -0.39 is 6.10 Å². The lowest BCUT2D eigenvalue weighted by Crippen LogP contribution is -2.53. The number of ether oxygens (including phenoxy) is 1. The first-order valence-electron chi connectivity index (χ1n) is 8.93. The maximum Gasteiger partial charge on any atom is 0.317 e. The number of nitrogens with zero attached hydrogens (tertiary/aromatic N) is 2. The number of hydrogen-bond acceptors (Lipinski definition) is 4. The van der Waals surface area contributed by atoms with Crippen molar-refractivity contribution in [1.82, 2.24) is 15.1 Å². The van der Waals surface area contributed by atoms with E-state index in [0.717, 1.165) is 6.42 Å². The molecule has 4 amide bonds. The van der Waals surface area contributed by atoms with Crippen LogP contribution in [-0.4, -0.2) is 66.5 Å². The summed E-state index contributed by atoms with van der Waals surface area (Å²) in [6.45, 7) is 6.30. The summed E-state index contributed by atoms with van der Waals surface area (Å²) in [5, 5.41) is 5.60. The van der Waals surface area contributed by atoms with Crippen LogP contribution in [-0.2, 0) is 4.79 Å². The van der Waals surface area contributed by atoms with E-state index in [9.17, 15) is 14.4 Å². The number of benzene rings is 1. The van der Waals surface area contributed by atoms with Gasteiger partial charge in [0.15, 0.2) is 6.10 Å². The monoisotopic (exact) mass is 360 g/mol. The van der Waals surface area contributed by atoms with E-state index >= 15 is 0 Å². The third kappa shape index (κ3) is 3.74. The van der Waals surface area contributed by atoms with Gasteiger partial charge in [0.2, 0.25) is 0 Å². The summed E-state index contributed by atoms with van der Waals surface area (Å²) in [6, 6.07) is 4.96. The summed E-state index contributed by atoms with van der Waals surface area (Å²) < 4.78 is 5.51. The van der Waals surface area contributed by atoms with Gasteiger partial charge in [0, 0.05) is 38.3 Å². The lowest BCUT2D eigenvalue weighted by atomic mass is 10.1. The average molecular weight is 360 g/mol. The molecule has 0 saturated carbocycles. The summed E-state index contributed by atoms with van der Waals surface area (Å²) >= 11 is 0. The summed E-state index contributed by atoms with van der Waals surface area (Å²) in [7, 11) is 0. The number of fused-ring (bicyclic) bond motifs is 1. The van der Waals surface area contributed by atoms with Gasteiger partial charge in [-0.1, -0.05) is 6.92 Å². The molecule has 0 aromatic heterocycles. The molecule has 2 N–H and O–H groups in total. The van der Waals surface area contributed by atoms with Crippen LogP contribution >= 0.6 is 0 Å². The van der Waals surface area contributed by atoms with Crippen molar-refractivity contribution in [2.45, 2.75) is 26.4 Å². The van der Waals surface area contributed by atoms with Crippen LogP contribution in [0.5, 0.6) is 5.75 Å². The molecule has 3 rings (SSSR count). The summed E-state index contributed by atoms with van der Waals surface area (Å²) in [6.07, 6.45) is 0.345. The number of rotatable bonds is 3. The molecular formula is C18H24N4O4. The van der Waals surface area contributed by atoms with Crippen LogP contribution in [0.2, 0.25) is 0 Å². The number of anilines is 1. The fourth-order valence-electron chi connectivity index (χ4n) is 2.98. The Hall–Kier alpha value is -2.77. The first-order valence-corrected chi connectivity index (χ1v) is 8.93. The molecule has 0 spiro atoms. The van der Waals surface area contributed by atoms with E-state index in [-0.39, 0.29) is 17.8 Å². The second-order valence-electron chi connectivity index (χ2n) is 6.47. The first kappa shape index (κ1) is 18.0. The van der Waals surface area contributed by atoms with Gasteiger partial charge in [0.1, 0.15) is 5.75 Å². The molecule has 26 heavy (non-hydrogen) atoms. The lowest BCUT2D eigenvalue weighted by Gasteiger charge is -2.35. The molecular weight excluding hydrogens is 336 g/mol. The lowest BCUT2D eigenvalue weighted by molar-refractivity contribution is -0.122. The molecule has 1 unspecified atom stereocenters. The van der Waals surface area contributed by atoms with E-state index in [0.29, 0.717) is 49.7 Å². The number of carbonyl (C=O) groups excluding carboxylic acids is 3. The molecule has 0 aliphatic carbocycles. The van der Waals surface area contributed by atoms with Crippen molar-refractivity contribution in [1.29, 1.82) is 0 Å². The summed E-state index contributed by atoms with van der Waals surface area (Å²) in [4.78, 5) is 39.9. The van der Waals surface area contributed by atoms with Crippen LogP contribution in [0.4, 0.5) is 10.5 Å². The highest BCUT2D eigenvalue weighted by Crippen LogP contribution is 2.30. The molecule has 0 radical (unpaired) electrons. The van der Waals surface area contributed by atoms with Crippen molar-refractivity contribution in [3.05, 3.63) is 23.8 Å². The highest BCUT2D eigenvalue weighted by molar-refractivity contribution is 6.01. The average Bonchev–Trinajstić information content (AvgIpc) is 2.66. The van der Waals surface area contributed by atoms with Gasteiger partial charge >= 0.3 is 6.03 Å². The van der Waals surface area contributed by atoms with E-state index in [4.69, 9.17) is 4.74 Å². The van der Waals surface area contributed by atoms with E-state index in [1.165, 1.54) is 0 Å². The standard InChI is InChI=1S/C18H24N4O4/c1-3-6-19-18(25)22-9-7-21(8-10-22)17(24)13-4-5-15-14(11-13)20-16(23)12(2)26-15/h4-5,11-12H,3,6-10H2,1-2H3,(H,19,25)(H,20,23). The Morgan fingerprint density at radius 1 is 1.23 bits per heavy atom. The Balaban J connectivity index is 1.62. The highest BCUT2D eigenvalue weighted by atomic mass is 16.5. The SMILES string of the molecule is CCCNC(=O)N1CCN(C(=O)c2ccc3c(c2)NC(=O)C(C)O3)CC1. The molecule has 2 aliphatic rings. The van der Waals surface area contributed by atoms with Gasteiger partial charge in [-0.3, -0.25) is 9.59 Å². The largest absolute Gasteiger partial charge is 0.479 e. The van der Waals surface area contributed by atoms with Crippen molar-refractivity contribution >= 4 is 23.5 Å². The van der Waals surface area contributed by atoms with Crippen LogP contribution in [0, 0.1) is 0 Å². The minimum atomic E-state index is -0.545. The zero-order chi connectivity index (χ0) is 18.7. The van der Waals surface area contributed by atoms with Crippen molar-refractivity contribution in [2.75, 3.05) is 38.0 Å². The minimum Gasteiger partial charge on any atom is -0.479 e. The smallest absolute Gasteiger partial charge is 0.317 e. The molecule has 1 fully saturated rings. The Kier molecular flexibility index (Phi) is 5.29. The fourth-order valence-corrected chi connectivity index (χ4v) is 2.98. The number of carbonyl (C=O) groups is 3. The van der Waals surface area contributed by atoms with Gasteiger partial charge in [-0.25, -0.2) is 4.79 Å². The number of amides is 4. The van der Waals surface area contributed by atoms with Crippen LogP contribution in [0.15, 0.2) is 18.2 Å². The number of urea groups is 1. The summed E-state index contributed by atoms with van der Waals surface area (Å²) in [5.74, 6) is 0.217. The number of nitrogens with one attached hydrogen (secondary N) is 2. The molecule has 8 nitrogen and oxygen atoms in total. The molecule has 0 bridgehead atoms. The Labute approximate surface area is 152 Å². The Morgan fingerprint density at radius 2 is 1.92 bits per heavy atom. The Morgan fingerprint density at radius 3 is 2.62 bits per heavy atom. The zero-order valence-corrected chi connectivity index (χ0v) is 15.1. The molecule has 8 heteroatoms. The molecule has 1 aromatic carbocycles. The maximum atomic E-state index is 12.7. The van der Waals surface area contributed by atoms with Gasteiger partial charge in [-0.2, -0.15) is 0 Å². The molecule has 140 valence electrons. The van der Waals surface area contributed by atoms with Crippen molar-refractivity contribution in [3.8, 4) is 5.75 Å². The third-order valence-electron chi connectivity index (χ3n) is 4.54. The van der Waals surface area contributed by atoms with E-state index in [2.05, 4.69) is 10.6 Å². The van der Waals surface area contributed by atoms with Crippen molar-refractivity contribution < 1.29 is 19.1 Å². The quantitative estimate of drug-likeness (QED) is 0.850. The van der Waals surface area contributed by atoms with Crippen molar-refractivity contribution in [2.24, 2.45) is 0 Å². The topological polar surface area (TPSA) is 91.0 Å². The third-order valence-corrected chi connectivity index (χ3v) is 4.54. The van der Waals surface area contributed by atoms with Crippen LogP contribution < -0.4 is 15.4 Å². The molecule has 2 aliphatic heterocycles. The second kappa shape index (κ2) is 7.63. The van der Waals surface area contributed by atoms with Crippen LogP contribution in [0.3, 0.4) is 0 Å². The van der Waals surface area contributed by atoms with Gasteiger partial charge in [0.25, 0.3) is 11.8 Å². The predicted octanol–water partition coefficient (Wildman–Crippen LogP) is 1.28. The first-order chi connectivity index (χ1) is 12.5. The zero-order valence-electron chi connectivity index (χ0n) is 15.1. The Bertz CT molecular complexity index is 713.